The van der Waals surface area contributed by atoms with E-state index in [9.17, 15) is 4.79 Å². The summed E-state index contributed by atoms with van der Waals surface area (Å²) in [5, 5.41) is 17.7. The highest BCUT2D eigenvalue weighted by Crippen LogP contribution is 2.37. The molecule has 10 heavy (non-hydrogen) atoms. The summed E-state index contributed by atoms with van der Waals surface area (Å²) >= 11 is 0. The zero-order chi connectivity index (χ0) is 7.78. The van der Waals surface area contributed by atoms with E-state index in [1.165, 1.54) is 0 Å². The largest absolute Gasteiger partial charge is 0.481 e. The minimum absolute atomic E-state index is 0.402. The van der Waals surface area contributed by atoms with Gasteiger partial charge in [0.2, 0.25) is 0 Å². The predicted octanol–water partition coefficient (Wildman–Crippen LogP) is 0.622. The van der Waals surface area contributed by atoms with Crippen LogP contribution in [0.25, 0.3) is 0 Å². The maximum Gasteiger partial charge on any atom is 0.309 e. The molecule has 0 saturated heterocycles. The van der Waals surface area contributed by atoms with E-state index < -0.39 is 17.5 Å². The lowest BCUT2D eigenvalue weighted by atomic mass is 9.89. The van der Waals surface area contributed by atoms with Crippen LogP contribution in [0.2, 0.25) is 0 Å². The van der Waals surface area contributed by atoms with Crippen molar-refractivity contribution in [3.05, 3.63) is 0 Å². The number of aliphatic carboxylic acids is 1. The van der Waals surface area contributed by atoms with Crippen molar-refractivity contribution in [2.24, 2.45) is 5.41 Å². The lowest BCUT2D eigenvalue weighted by Crippen LogP contribution is -2.24. The maximum atomic E-state index is 10.6. The number of carboxylic acid groups (broad SMARTS) is 1. The van der Waals surface area contributed by atoms with Crippen molar-refractivity contribution in [3.63, 3.8) is 0 Å². The van der Waals surface area contributed by atoms with Crippen molar-refractivity contribution >= 4 is 5.97 Å². The molecule has 2 atom stereocenters. The first-order valence-electron chi connectivity index (χ1n) is 3.46. The van der Waals surface area contributed by atoms with Gasteiger partial charge < -0.3 is 10.2 Å². The number of hydrogen-bond donors (Lipinski definition) is 2. The average molecular weight is 144 g/mol. The minimum atomic E-state index is -0.788. The summed E-state index contributed by atoms with van der Waals surface area (Å²) in [4.78, 5) is 10.6. The van der Waals surface area contributed by atoms with Crippen molar-refractivity contribution in [2.75, 3.05) is 0 Å². The predicted molar refractivity (Wildman–Crippen MR) is 35.6 cm³/mol. The molecule has 0 aliphatic heterocycles. The Morgan fingerprint density at radius 2 is 2.30 bits per heavy atom. The molecule has 0 radical (unpaired) electrons. The molecule has 2 N–H and O–H groups in total. The highest BCUT2D eigenvalue weighted by atomic mass is 16.4. The van der Waals surface area contributed by atoms with Crippen LogP contribution >= 0.6 is 0 Å². The fourth-order valence-electron chi connectivity index (χ4n) is 1.40. The lowest BCUT2D eigenvalue weighted by Gasteiger charge is -2.16. The Balaban J connectivity index is 2.63. The molecule has 0 unspecified atom stereocenters. The zero-order valence-corrected chi connectivity index (χ0v) is 6.00. The molecule has 0 aromatic carbocycles. The van der Waals surface area contributed by atoms with Gasteiger partial charge in [-0.25, -0.2) is 0 Å². The second-order valence-electron chi connectivity index (χ2n) is 3.26. The first kappa shape index (κ1) is 7.54. The van der Waals surface area contributed by atoms with Gasteiger partial charge in [0, 0.05) is 0 Å². The Labute approximate surface area is 59.7 Å². The van der Waals surface area contributed by atoms with Gasteiger partial charge in [-0.15, -0.1) is 0 Å². The van der Waals surface area contributed by atoms with Gasteiger partial charge in [-0.1, -0.05) is 0 Å². The molecular formula is C7H12O3. The molecule has 3 heteroatoms. The molecule has 0 heterocycles. The van der Waals surface area contributed by atoms with Crippen molar-refractivity contribution in [1.29, 1.82) is 0 Å². The molecule has 1 rings (SSSR count). The Bertz CT molecular complexity index is 155. The summed E-state index contributed by atoms with van der Waals surface area (Å²) in [7, 11) is 0. The highest BCUT2D eigenvalue weighted by Gasteiger charge is 2.40. The van der Waals surface area contributed by atoms with Crippen LogP contribution in [-0.4, -0.2) is 22.3 Å². The van der Waals surface area contributed by atoms with Gasteiger partial charge in [0.25, 0.3) is 0 Å². The second kappa shape index (κ2) is 2.23. The number of rotatable bonds is 1. The van der Waals surface area contributed by atoms with Gasteiger partial charge in [-0.3, -0.25) is 4.79 Å². The SMILES string of the molecule is C[C@]1(C(=O)O)CC[C@H](O)C1. The Morgan fingerprint density at radius 3 is 2.50 bits per heavy atom. The van der Waals surface area contributed by atoms with E-state index in [-0.39, 0.29) is 0 Å². The number of aliphatic hydroxyl groups is 1. The summed E-state index contributed by atoms with van der Waals surface area (Å²) in [5.41, 5.74) is -0.667. The summed E-state index contributed by atoms with van der Waals surface area (Å²) in [6.45, 7) is 1.69. The summed E-state index contributed by atoms with van der Waals surface area (Å²) < 4.78 is 0. The molecule has 0 aromatic rings. The maximum absolute atomic E-state index is 10.6. The van der Waals surface area contributed by atoms with Crippen LogP contribution in [0, 0.1) is 5.41 Å². The van der Waals surface area contributed by atoms with E-state index in [4.69, 9.17) is 10.2 Å². The van der Waals surface area contributed by atoms with Crippen LogP contribution in [-0.2, 0) is 4.79 Å². The van der Waals surface area contributed by atoms with Gasteiger partial charge in [-0.05, 0) is 26.2 Å². The van der Waals surface area contributed by atoms with Crippen LogP contribution in [0.15, 0.2) is 0 Å². The summed E-state index contributed by atoms with van der Waals surface area (Å²) in [6.07, 6.45) is 1.23. The van der Waals surface area contributed by atoms with Crippen molar-refractivity contribution in [2.45, 2.75) is 32.3 Å². The average Bonchev–Trinajstić information content (AvgIpc) is 2.13. The highest BCUT2D eigenvalue weighted by molar-refractivity contribution is 5.74. The third-order valence-electron chi connectivity index (χ3n) is 2.23. The van der Waals surface area contributed by atoms with Crippen LogP contribution in [0.4, 0.5) is 0 Å². The molecule has 1 aliphatic rings. The zero-order valence-electron chi connectivity index (χ0n) is 6.00. The van der Waals surface area contributed by atoms with E-state index in [0.717, 1.165) is 0 Å². The number of aliphatic hydroxyl groups excluding tert-OH is 1. The first-order chi connectivity index (χ1) is 4.54. The van der Waals surface area contributed by atoms with Gasteiger partial charge >= 0.3 is 5.97 Å². The van der Waals surface area contributed by atoms with Crippen molar-refractivity contribution < 1.29 is 15.0 Å². The van der Waals surface area contributed by atoms with Crippen LogP contribution in [0.3, 0.4) is 0 Å². The number of carboxylic acids is 1. The van der Waals surface area contributed by atoms with Crippen LogP contribution < -0.4 is 0 Å². The van der Waals surface area contributed by atoms with E-state index in [2.05, 4.69) is 0 Å². The van der Waals surface area contributed by atoms with Gasteiger partial charge in [0.1, 0.15) is 0 Å². The van der Waals surface area contributed by atoms with Crippen LogP contribution in [0.1, 0.15) is 26.2 Å². The molecule has 0 aromatic heterocycles. The van der Waals surface area contributed by atoms with Gasteiger partial charge in [0.05, 0.1) is 11.5 Å². The summed E-state index contributed by atoms with van der Waals surface area (Å²) in [6, 6.07) is 0. The molecule has 1 aliphatic carbocycles. The molecule has 1 fully saturated rings. The lowest BCUT2D eigenvalue weighted by molar-refractivity contribution is -0.147. The first-order valence-corrected chi connectivity index (χ1v) is 3.46. The fourth-order valence-corrected chi connectivity index (χ4v) is 1.40. The monoisotopic (exact) mass is 144 g/mol. The van der Waals surface area contributed by atoms with Gasteiger partial charge in [0.15, 0.2) is 0 Å². The van der Waals surface area contributed by atoms with Crippen LogP contribution in [0.5, 0.6) is 0 Å². The number of hydrogen-bond acceptors (Lipinski definition) is 2. The smallest absolute Gasteiger partial charge is 0.309 e. The molecular weight excluding hydrogens is 132 g/mol. The van der Waals surface area contributed by atoms with Gasteiger partial charge in [-0.2, -0.15) is 0 Å². The number of carbonyl (C=O) groups is 1. The molecule has 3 nitrogen and oxygen atoms in total. The normalized spacial score (nSPS) is 40.0. The van der Waals surface area contributed by atoms with E-state index in [0.29, 0.717) is 19.3 Å². The summed E-state index contributed by atoms with van der Waals surface area (Å²) in [5.74, 6) is -0.788. The van der Waals surface area contributed by atoms with E-state index in [1.54, 1.807) is 6.92 Å². The molecule has 58 valence electrons. The standard InChI is InChI=1S/C7H12O3/c1-7(6(9)10)3-2-5(8)4-7/h5,8H,2-4H2,1H3,(H,9,10)/t5-,7-/m0/s1. The third kappa shape index (κ3) is 1.14. The Kier molecular flexibility index (Phi) is 1.68. The van der Waals surface area contributed by atoms with Crippen molar-refractivity contribution in [1.82, 2.24) is 0 Å². The molecule has 0 bridgehead atoms. The van der Waals surface area contributed by atoms with Crippen molar-refractivity contribution in [3.8, 4) is 0 Å². The minimum Gasteiger partial charge on any atom is -0.481 e. The second-order valence-corrected chi connectivity index (χ2v) is 3.26. The Hall–Kier alpha value is -0.570. The van der Waals surface area contributed by atoms with E-state index in [1.807, 2.05) is 0 Å². The fraction of sp³-hybridized carbons (Fsp3) is 0.857. The van der Waals surface area contributed by atoms with E-state index >= 15 is 0 Å². The third-order valence-corrected chi connectivity index (χ3v) is 2.23. The quantitative estimate of drug-likeness (QED) is 0.567. The Morgan fingerprint density at radius 1 is 1.70 bits per heavy atom. The molecule has 0 spiro atoms. The molecule has 0 amide bonds. The topological polar surface area (TPSA) is 57.5 Å². The molecule has 1 saturated carbocycles.